The molecule has 0 bridgehead atoms. The first-order chi connectivity index (χ1) is 13.7. The molecule has 1 aliphatic carbocycles. The van der Waals surface area contributed by atoms with Crippen LogP contribution in [-0.4, -0.2) is 42.4 Å². The lowest BCUT2D eigenvalue weighted by atomic mass is 9.69. The molecule has 4 heteroatoms. The van der Waals surface area contributed by atoms with Crippen molar-refractivity contribution in [3.63, 3.8) is 0 Å². The predicted octanol–water partition coefficient (Wildman–Crippen LogP) is 5.22. The molecule has 0 radical (unpaired) electrons. The molecule has 4 nitrogen and oxygen atoms in total. The minimum Gasteiger partial charge on any atom is -0.493 e. The monoisotopic (exact) mass is 403 g/mol. The van der Waals surface area contributed by atoms with Gasteiger partial charge in [0.25, 0.3) is 0 Å². The molecule has 1 aromatic carbocycles. The van der Waals surface area contributed by atoms with E-state index in [1.54, 1.807) is 14.2 Å². The smallest absolute Gasteiger partial charge is 0.161 e. The van der Waals surface area contributed by atoms with E-state index in [0.717, 1.165) is 43.7 Å². The number of ether oxygens (including phenoxy) is 2. The highest BCUT2D eigenvalue weighted by atomic mass is 16.5. The molecule has 1 fully saturated rings. The van der Waals surface area contributed by atoms with Gasteiger partial charge in [0, 0.05) is 24.0 Å². The van der Waals surface area contributed by atoms with E-state index in [1.165, 1.54) is 17.5 Å². The Hall–Kier alpha value is -1.26. The van der Waals surface area contributed by atoms with Crippen LogP contribution in [-0.2, 0) is 6.42 Å². The number of aliphatic hydroxyl groups is 1. The van der Waals surface area contributed by atoms with Crippen LogP contribution < -0.4 is 9.47 Å². The number of hydrogen-bond acceptors (Lipinski definition) is 4. The van der Waals surface area contributed by atoms with Gasteiger partial charge in [-0.05, 0) is 74.6 Å². The molecule has 1 aliphatic heterocycles. The molecule has 1 aromatic rings. The Morgan fingerprint density at radius 3 is 2.38 bits per heavy atom. The van der Waals surface area contributed by atoms with E-state index in [-0.39, 0.29) is 11.6 Å². The number of nitrogens with zero attached hydrogens (tertiary/aromatic N) is 1. The third-order valence-electron chi connectivity index (χ3n) is 7.42. The Morgan fingerprint density at radius 1 is 1.14 bits per heavy atom. The van der Waals surface area contributed by atoms with Crippen molar-refractivity contribution in [2.45, 2.75) is 84.4 Å². The van der Waals surface area contributed by atoms with E-state index in [1.807, 2.05) is 0 Å². The summed E-state index contributed by atoms with van der Waals surface area (Å²) >= 11 is 0. The van der Waals surface area contributed by atoms with Gasteiger partial charge in [-0.1, -0.05) is 27.2 Å². The summed E-state index contributed by atoms with van der Waals surface area (Å²) in [5.74, 6) is 3.16. The van der Waals surface area contributed by atoms with Crippen molar-refractivity contribution in [2.24, 2.45) is 17.8 Å². The molecule has 0 saturated heterocycles. The van der Waals surface area contributed by atoms with Crippen LogP contribution in [0.1, 0.15) is 77.5 Å². The molecular weight excluding hydrogens is 362 g/mol. The van der Waals surface area contributed by atoms with Crippen LogP contribution >= 0.6 is 0 Å². The molecule has 0 aromatic heterocycles. The van der Waals surface area contributed by atoms with Crippen molar-refractivity contribution in [3.8, 4) is 11.5 Å². The fourth-order valence-corrected chi connectivity index (χ4v) is 5.81. The summed E-state index contributed by atoms with van der Waals surface area (Å²) in [5, 5.41) is 11.0. The molecule has 3 rings (SSSR count). The van der Waals surface area contributed by atoms with Crippen LogP contribution in [0.15, 0.2) is 12.1 Å². The van der Waals surface area contributed by atoms with Crippen LogP contribution in [0.4, 0.5) is 0 Å². The largest absolute Gasteiger partial charge is 0.493 e. The highest BCUT2D eigenvalue weighted by molar-refractivity contribution is 5.49. The van der Waals surface area contributed by atoms with Gasteiger partial charge in [-0.3, -0.25) is 4.90 Å². The summed E-state index contributed by atoms with van der Waals surface area (Å²) in [5.41, 5.74) is 2.69. The second-order valence-electron chi connectivity index (χ2n) is 10.2. The summed E-state index contributed by atoms with van der Waals surface area (Å²) in [6.07, 6.45) is 5.16. The van der Waals surface area contributed by atoms with Crippen molar-refractivity contribution < 1.29 is 14.6 Å². The molecule has 0 unspecified atom stereocenters. The van der Waals surface area contributed by atoms with Crippen molar-refractivity contribution in [1.82, 2.24) is 4.90 Å². The summed E-state index contributed by atoms with van der Waals surface area (Å²) in [7, 11) is 3.42. The van der Waals surface area contributed by atoms with E-state index in [9.17, 15) is 5.11 Å². The van der Waals surface area contributed by atoms with Gasteiger partial charge in [0.15, 0.2) is 11.5 Å². The van der Waals surface area contributed by atoms with Gasteiger partial charge in [0.1, 0.15) is 0 Å². The average molecular weight is 404 g/mol. The Balaban J connectivity index is 1.99. The maximum Gasteiger partial charge on any atom is 0.161 e. The van der Waals surface area contributed by atoms with Crippen molar-refractivity contribution >= 4 is 0 Å². The van der Waals surface area contributed by atoms with Gasteiger partial charge < -0.3 is 14.6 Å². The molecule has 2 aliphatic rings. The van der Waals surface area contributed by atoms with Gasteiger partial charge in [-0.15, -0.1) is 0 Å². The average Bonchev–Trinajstić information content (AvgIpc) is 2.66. The van der Waals surface area contributed by atoms with Gasteiger partial charge in [0.05, 0.1) is 20.3 Å². The molecule has 1 N–H and O–H groups in total. The Morgan fingerprint density at radius 2 is 1.79 bits per heavy atom. The van der Waals surface area contributed by atoms with Gasteiger partial charge in [-0.25, -0.2) is 0 Å². The van der Waals surface area contributed by atoms with Crippen LogP contribution in [0.3, 0.4) is 0 Å². The SMILES string of the molecule is COc1cc2c(cc1OC)[C@@H](CC(C)C)N(C(C)(C)[C@@H]1CC[C@@H](C)C[C@H]1O)CC2. The quantitative estimate of drug-likeness (QED) is 0.707. The van der Waals surface area contributed by atoms with Crippen LogP contribution in [0, 0.1) is 17.8 Å². The van der Waals surface area contributed by atoms with Gasteiger partial charge in [-0.2, -0.15) is 0 Å². The zero-order valence-corrected chi connectivity index (χ0v) is 19.5. The highest BCUT2D eigenvalue weighted by Crippen LogP contribution is 2.47. The lowest BCUT2D eigenvalue weighted by Crippen LogP contribution is -2.57. The minimum absolute atomic E-state index is 0.0516. The number of methoxy groups -OCH3 is 2. The van der Waals surface area contributed by atoms with Crippen molar-refractivity contribution in [3.05, 3.63) is 23.3 Å². The molecule has 1 heterocycles. The van der Waals surface area contributed by atoms with Gasteiger partial charge in [0.2, 0.25) is 0 Å². The summed E-state index contributed by atoms with van der Waals surface area (Å²) in [6.45, 7) is 12.6. The third kappa shape index (κ3) is 4.44. The normalized spacial score (nSPS) is 28.3. The lowest BCUT2D eigenvalue weighted by molar-refractivity contribution is -0.0664. The minimum atomic E-state index is -0.208. The molecule has 0 spiro atoms. The lowest BCUT2D eigenvalue weighted by Gasteiger charge is -2.53. The van der Waals surface area contributed by atoms with Crippen molar-refractivity contribution in [2.75, 3.05) is 20.8 Å². The fourth-order valence-electron chi connectivity index (χ4n) is 5.81. The van der Waals surface area contributed by atoms with E-state index in [4.69, 9.17) is 9.47 Å². The van der Waals surface area contributed by atoms with Crippen LogP contribution in [0.25, 0.3) is 0 Å². The van der Waals surface area contributed by atoms with E-state index in [2.05, 4.69) is 51.7 Å². The standard InChI is InChI=1S/C25H41NO3/c1-16(2)12-21-19-15-24(29-7)23(28-6)14-18(19)10-11-26(21)25(4,5)20-9-8-17(3)13-22(20)27/h14-17,20-22,27H,8-13H2,1-7H3/t17-,20-,21-,22-/m1/s1. The molecule has 1 saturated carbocycles. The molecular formula is C25H41NO3. The summed E-state index contributed by atoms with van der Waals surface area (Å²) in [4.78, 5) is 2.69. The predicted molar refractivity (Wildman–Crippen MR) is 119 cm³/mol. The highest BCUT2D eigenvalue weighted by Gasteiger charge is 2.45. The molecule has 0 amide bonds. The fraction of sp³-hybridized carbons (Fsp3) is 0.760. The molecule has 4 atom stereocenters. The second-order valence-corrected chi connectivity index (χ2v) is 10.2. The molecule has 29 heavy (non-hydrogen) atoms. The number of hydrogen-bond donors (Lipinski definition) is 1. The zero-order chi connectivity index (χ0) is 21.3. The number of aliphatic hydroxyl groups excluding tert-OH is 1. The first kappa shape index (κ1) is 22.4. The number of benzene rings is 1. The third-order valence-corrected chi connectivity index (χ3v) is 7.42. The second kappa shape index (κ2) is 8.85. The van der Waals surface area contributed by atoms with Gasteiger partial charge >= 0.3 is 0 Å². The Kier molecular flexibility index (Phi) is 6.84. The first-order valence-electron chi connectivity index (χ1n) is 11.4. The number of fused-ring (bicyclic) bond motifs is 1. The molecule has 164 valence electrons. The summed E-state index contributed by atoms with van der Waals surface area (Å²) in [6, 6.07) is 4.70. The van der Waals surface area contributed by atoms with Crippen molar-refractivity contribution in [1.29, 1.82) is 0 Å². The topological polar surface area (TPSA) is 41.9 Å². The Bertz CT molecular complexity index is 700. The Labute approximate surface area is 177 Å². The maximum absolute atomic E-state index is 11.0. The summed E-state index contributed by atoms with van der Waals surface area (Å²) < 4.78 is 11.2. The van der Waals surface area contributed by atoms with Crippen LogP contribution in [0.2, 0.25) is 0 Å². The maximum atomic E-state index is 11.0. The van der Waals surface area contributed by atoms with E-state index >= 15 is 0 Å². The number of rotatable bonds is 6. The first-order valence-corrected chi connectivity index (χ1v) is 11.4. The zero-order valence-electron chi connectivity index (χ0n) is 19.5. The van der Waals surface area contributed by atoms with E-state index in [0.29, 0.717) is 23.8 Å². The van der Waals surface area contributed by atoms with Crippen LogP contribution in [0.5, 0.6) is 11.5 Å². The van der Waals surface area contributed by atoms with E-state index < -0.39 is 0 Å².